The lowest BCUT2D eigenvalue weighted by Gasteiger charge is -2.18. The van der Waals surface area contributed by atoms with E-state index in [9.17, 15) is 19.7 Å². The van der Waals surface area contributed by atoms with Crippen LogP contribution in [0.25, 0.3) is 0 Å². The van der Waals surface area contributed by atoms with Crippen molar-refractivity contribution in [2.24, 2.45) is 0 Å². The number of carbonyl (C=O) groups is 2. The van der Waals surface area contributed by atoms with E-state index >= 15 is 0 Å². The molecule has 1 aliphatic heterocycles. The second kappa shape index (κ2) is 5.87. The Labute approximate surface area is 119 Å². The van der Waals surface area contributed by atoms with Crippen molar-refractivity contribution >= 4 is 29.1 Å². The third kappa shape index (κ3) is 3.05. The monoisotopic (exact) mass is 297 g/mol. The molecule has 1 fully saturated rings. The third-order valence-electron chi connectivity index (χ3n) is 2.94. The Balaban J connectivity index is 2.26. The number of hydrogen-bond acceptors (Lipinski definition) is 4. The molecule has 2 amide bonds. The smallest absolute Gasteiger partial charge is 0.288 e. The molecule has 0 spiro atoms. The molecule has 0 radical (unpaired) electrons. The highest BCUT2D eigenvalue weighted by atomic mass is 35.5. The SMILES string of the molecule is O=C1CN(C(=O)c2ccc(Cl)c([N+](=O)[O-])c2)CCCN1. The number of nitrogens with zero attached hydrogens (tertiary/aromatic N) is 2. The fourth-order valence-corrected chi connectivity index (χ4v) is 2.13. The van der Waals surface area contributed by atoms with Gasteiger partial charge in [0.15, 0.2) is 0 Å². The molecule has 0 bridgehead atoms. The van der Waals surface area contributed by atoms with Gasteiger partial charge in [-0.15, -0.1) is 0 Å². The van der Waals surface area contributed by atoms with Crippen molar-refractivity contribution < 1.29 is 14.5 Å². The van der Waals surface area contributed by atoms with Crippen molar-refractivity contribution in [2.75, 3.05) is 19.6 Å². The predicted octanol–water partition coefficient (Wildman–Crippen LogP) is 1.21. The maximum absolute atomic E-state index is 12.3. The Hall–Kier alpha value is -2.15. The molecule has 1 aliphatic rings. The maximum Gasteiger partial charge on any atom is 0.288 e. The minimum Gasteiger partial charge on any atom is -0.354 e. The summed E-state index contributed by atoms with van der Waals surface area (Å²) in [7, 11) is 0. The van der Waals surface area contributed by atoms with Crippen LogP contribution in [0, 0.1) is 10.1 Å². The second-order valence-electron chi connectivity index (χ2n) is 4.35. The summed E-state index contributed by atoms with van der Waals surface area (Å²) < 4.78 is 0. The van der Waals surface area contributed by atoms with Gasteiger partial charge in [-0.05, 0) is 18.6 Å². The first-order valence-corrected chi connectivity index (χ1v) is 6.37. The summed E-state index contributed by atoms with van der Waals surface area (Å²) in [5.74, 6) is -0.652. The van der Waals surface area contributed by atoms with E-state index in [4.69, 9.17) is 11.6 Å². The van der Waals surface area contributed by atoms with E-state index < -0.39 is 10.8 Å². The quantitative estimate of drug-likeness (QED) is 0.656. The number of halogens is 1. The van der Waals surface area contributed by atoms with Gasteiger partial charge in [0.2, 0.25) is 5.91 Å². The summed E-state index contributed by atoms with van der Waals surface area (Å²) in [5.41, 5.74) is -0.174. The Kier molecular flexibility index (Phi) is 4.19. The largest absolute Gasteiger partial charge is 0.354 e. The first-order valence-electron chi connectivity index (χ1n) is 5.99. The Bertz CT molecular complexity index is 576. The lowest BCUT2D eigenvalue weighted by Crippen LogP contribution is -2.37. The summed E-state index contributed by atoms with van der Waals surface area (Å²) in [6, 6.07) is 3.86. The molecule has 0 saturated carbocycles. The number of nitro benzene ring substituents is 1. The van der Waals surface area contributed by atoms with E-state index in [0.717, 1.165) is 6.07 Å². The number of amides is 2. The molecule has 1 saturated heterocycles. The van der Waals surface area contributed by atoms with Crippen LogP contribution in [0.3, 0.4) is 0 Å². The molecule has 2 rings (SSSR count). The van der Waals surface area contributed by atoms with E-state index in [1.807, 2.05) is 0 Å². The van der Waals surface area contributed by atoms with Crippen molar-refractivity contribution in [1.29, 1.82) is 0 Å². The molecule has 1 aromatic carbocycles. The van der Waals surface area contributed by atoms with Gasteiger partial charge in [-0.3, -0.25) is 19.7 Å². The van der Waals surface area contributed by atoms with Crippen LogP contribution < -0.4 is 5.32 Å². The third-order valence-corrected chi connectivity index (χ3v) is 3.26. The van der Waals surface area contributed by atoms with Gasteiger partial charge in [0.1, 0.15) is 5.02 Å². The molecule has 7 nitrogen and oxygen atoms in total. The van der Waals surface area contributed by atoms with Crippen LogP contribution in [0.4, 0.5) is 5.69 Å². The van der Waals surface area contributed by atoms with E-state index in [-0.39, 0.29) is 28.7 Å². The Morgan fingerprint density at radius 2 is 2.20 bits per heavy atom. The minimum atomic E-state index is -0.645. The van der Waals surface area contributed by atoms with Crippen LogP contribution in [-0.4, -0.2) is 41.3 Å². The Morgan fingerprint density at radius 1 is 1.45 bits per heavy atom. The van der Waals surface area contributed by atoms with E-state index in [0.29, 0.717) is 19.5 Å². The number of nitro groups is 1. The first-order chi connectivity index (χ1) is 9.49. The van der Waals surface area contributed by atoms with Crippen molar-refractivity contribution in [2.45, 2.75) is 6.42 Å². The standard InChI is InChI=1S/C12H12ClN3O4/c13-9-3-2-8(6-10(9)16(19)20)12(18)15-5-1-4-14-11(17)7-15/h2-3,6H,1,4-5,7H2,(H,14,17). The highest BCUT2D eigenvalue weighted by molar-refractivity contribution is 6.32. The average molecular weight is 298 g/mol. The van der Waals surface area contributed by atoms with Crippen LogP contribution in [0.15, 0.2) is 18.2 Å². The number of hydrogen-bond donors (Lipinski definition) is 1. The van der Waals surface area contributed by atoms with Crippen molar-refractivity contribution in [3.05, 3.63) is 38.9 Å². The molecule has 0 aliphatic carbocycles. The second-order valence-corrected chi connectivity index (χ2v) is 4.76. The van der Waals surface area contributed by atoms with Gasteiger partial charge in [0.25, 0.3) is 11.6 Å². The Morgan fingerprint density at radius 3 is 2.90 bits per heavy atom. The van der Waals surface area contributed by atoms with Crippen LogP contribution >= 0.6 is 11.6 Å². The molecule has 0 unspecified atom stereocenters. The highest BCUT2D eigenvalue weighted by Gasteiger charge is 2.23. The van der Waals surface area contributed by atoms with Crippen LogP contribution in [0.2, 0.25) is 5.02 Å². The normalized spacial score (nSPS) is 15.4. The molecule has 0 aromatic heterocycles. The van der Waals surface area contributed by atoms with Gasteiger partial charge in [0.05, 0.1) is 11.5 Å². The van der Waals surface area contributed by atoms with E-state index in [2.05, 4.69) is 5.32 Å². The van der Waals surface area contributed by atoms with Crippen LogP contribution in [0.5, 0.6) is 0 Å². The molecular formula is C12H12ClN3O4. The van der Waals surface area contributed by atoms with Gasteiger partial charge in [-0.25, -0.2) is 0 Å². The topological polar surface area (TPSA) is 92.5 Å². The maximum atomic E-state index is 12.3. The van der Waals surface area contributed by atoms with Gasteiger partial charge in [-0.2, -0.15) is 0 Å². The van der Waals surface area contributed by atoms with Crippen molar-refractivity contribution in [3.63, 3.8) is 0 Å². The number of carbonyl (C=O) groups excluding carboxylic acids is 2. The number of benzene rings is 1. The van der Waals surface area contributed by atoms with Crippen molar-refractivity contribution in [1.82, 2.24) is 10.2 Å². The molecule has 1 heterocycles. The summed E-state index contributed by atoms with van der Waals surface area (Å²) in [4.78, 5) is 35.2. The summed E-state index contributed by atoms with van der Waals surface area (Å²) in [6.45, 7) is 0.895. The highest BCUT2D eigenvalue weighted by Crippen LogP contribution is 2.25. The number of rotatable bonds is 2. The first kappa shape index (κ1) is 14.3. The fourth-order valence-electron chi connectivity index (χ4n) is 1.95. The molecule has 1 N–H and O–H groups in total. The van der Waals surface area contributed by atoms with Gasteiger partial charge < -0.3 is 10.2 Å². The van der Waals surface area contributed by atoms with Crippen LogP contribution in [0.1, 0.15) is 16.8 Å². The molecule has 1 aromatic rings. The zero-order chi connectivity index (χ0) is 14.7. The lowest BCUT2D eigenvalue weighted by molar-refractivity contribution is -0.384. The van der Waals surface area contributed by atoms with Gasteiger partial charge >= 0.3 is 0 Å². The molecule has 8 heteroatoms. The van der Waals surface area contributed by atoms with E-state index in [1.54, 1.807) is 0 Å². The zero-order valence-corrected chi connectivity index (χ0v) is 11.2. The van der Waals surface area contributed by atoms with E-state index in [1.165, 1.54) is 17.0 Å². The average Bonchev–Trinajstić information content (AvgIpc) is 2.63. The summed E-state index contributed by atoms with van der Waals surface area (Å²) >= 11 is 5.70. The summed E-state index contributed by atoms with van der Waals surface area (Å²) in [5, 5.41) is 13.4. The van der Waals surface area contributed by atoms with Crippen LogP contribution in [-0.2, 0) is 4.79 Å². The van der Waals surface area contributed by atoms with Gasteiger partial charge in [0, 0.05) is 24.7 Å². The molecule has 106 valence electrons. The molecule has 0 atom stereocenters. The predicted molar refractivity (Wildman–Crippen MR) is 71.6 cm³/mol. The minimum absolute atomic E-state index is 0.0276. The molecule has 20 heavy (non-hydrogen) atoms. The number of nitrogens with one attached hydrogen (secondary N) is 1. The fraction of sp³-hybridized carbons (Fsp3) is 0.333. The zero-order valence-electron chi connectivity index (χ0n) is 10.5. The van der Waals surface area contributed by atoms with Gasteiger partial charge in [-0.1, -0.05) is 11.6 Å². The van der Waals surface area contributed by atoms with Crippen molar-refractivity contribution in [3.8, 4) is 0 Å². The molecular weight excluding hydrogens is 286 g/mol. The lowest BCUT2D eigenvalue weighted by atomic mass is 10.1. The summed E-state index contributed by atoms with van der Waals surface area (Å²) in [6.07, 6.45) is 0.646.